The molecule has 0 aromatic heterocycles. The zero-order chi connectivity index (χ0) is 28.2. The standard InChI is InChI=1S/C23H48O9Si4/c1-20(2)22(24)28-18-33(6,7)30-35(10,11)32-36(12,17-13-14-27-16-15-26-5)31-34(8,9)19-29-23(25)21(3)4/h1,3,13-19H2,2,4-12H3. The maximum absolute atomic E-state index is 11.9. The van der Waals surface area contributed by atoms with Gasteiger partial charge in [-0.25, -0.2) is 9.59 Å². The molecule has 0 saturated carbocycles. The van der Waals surface area contributed by atoms with E-state index in [-0.39, 0.29) is 12.5 Å². The van der Waals surface area contributed by atoms with E-state index < -0.39 is 45.7 Å². The monoisotopic (exact) mass is 580 g/mol. The quantitative estimate of drug-likeness (QED) is 0.0940. The lowest BCUT2D eigenvalue weighted by molar-refractivity contribution is -0.138. The largest absolute Gasteiger partial charge is 0.463 e. The summed E-state index contributed by atoms with van der Waals surface area (Å²) in [6.45, 7) is 26.1. The summed E-state index contributed by atoms with van der Waals surface area (Å²) >= 11 is 0. The maximum Gasteiger partial charge on any atom is 0.332 e. The zero-order valence-corrected chi connectivity index (χ0v) is 28.0. The van der Waals surface area contributed by atoms with Gasteiger partial charge in [0.05, 0.1) is 13.2 Å². The van der Waals surface area contributed by atoms with Crippen LogP contribution in [0.1, 0.15) is 20.3 Å². The lowest BCUT2D eigenvalue weighted by Crippen LogP contribution is -2.59. The van der Waals surface area contributed by atoms with Crippen LogP contribution in [0, 0.1) is 0 Å². The second-order valence-corrected chi connectivity index (χ2v) is 26.4. The highest BCUT2D eigenvalue weighted by molar-refractivity contribution is 6.89. The first-order chi connectivity index (χ1) is 16.3. The third-order valence-electron chi connectivity index (χ3n) is 4.63. The Bertz CT molecular complexity index is 756. The minimum Gasteiger partial charge on any atom is -0.463 e. The molecular weight excluding hydrogens is 533 g/mol. The fourth-order valence-corrected chi connectivity index (χ4v) is 21.7. The fraction of sp³-hybridized carbons (Fsp3) is 0.739. The van der Waals surface area contributed by atoms with Gasteiger partial charge < -0.3 is 31.3 Å². The van der Waals surface area contributed by atoms with E-state index in [1.165, 1.54) is 0 Å². The van der Waals surface area contributed by atoms with Crippen molar-refractivity contribution < 1.29 is 40.9 Å². The predicted molar refractivity (Wildman–Crippen MR) is 151 cm³/mol. The van der Waals surface area contributed by atoms with Crippen LogP contribution in [0.5, 0.6) is 0 Å². The molecular formula is C23H48O9Si4. The molecule has 9 nitrogen and oxygen atoms in total. The van der Waals surface area contributed by atoms with Crippen molar-refractivity contribution in [2.45, 2.75) is 72.1 Å². The summed E-state index contributed by atoms with van der Waals surface area (Å²) in [7, 11) is -8.66. The molecule has 0 rings (SSSR count). The number of hydrogen-bond donors (Lipinski definition) is 0. The van der Waals surface area contributed by atoms with Crippen molar-refractivity contribution in [1.29, 1.82) is 0 Å². The van der Waals surface area contributed by atoms with E-state index in [2.05, 4.69) is 13.2 Å². The van der Waals surface area contributed by atoms with Gasteiger partial charge in [0.1, 0.15) is 12.5 Å². The minimum atomic E-state index is -2.78. The SMILES string of the molecule is C=C(C)C(=O)OC[Si](C)(C)O[Si](C)(C)O[Si](C)(CCCOCCOC)O[Si](C)(C)COC(=O)C(=C)C. The van der Waals surface area contributed by atoms with E-state index in [9.17, 15) is 9.59 Å². The number of ether oxygens (including phenoxy) is 4. The normalized spacial score (nSPS) is 14.2. The van der Waals surface area contributed by atoms with E-state index in [0.717, 1.165) is 6.42 Å². The Morgan fingerprint density at radius 1 is 0.694 bits per heavy atom. The molecule has 0 aliphatic rings. The van der Waals surface area contributed by atoms with Gasteiger partial charge in [0.2, 0.25) is 16.6 Å². The van der Waals surface area contributed by atoms with Gasteiger partial charge in [-0.2, -0.15) is 0 Å². The maximum atomic E-state index is 11.9. The number of rotatable bonds is 19. The van der Waals surface area contributed by atoms with Crippen molar-refractivity contribution in [3.05, 3.63) is 24.3 Å². The highest BCUT2D eigenvalue weighted by atomic mass is 28.5. The molecule has 0 spiro atoms. The van der Waals surface area contributed by atoms with Gasteiger partial charge in [0.15, 0.2) is 0 Å². The third kappa shape index (κ3) is 16.0. The molecule has 1 unspecified atom stereocenters. The summed E-state index contributed by atoms with van der Waals surface area (Å²) in [6, 6.07) is 0.692. The summed E-state index contributed by atoms with van der Waals surface area (Å²) < 4.78 is 41.4. The molecule has 13 heteroatoms. The van der Waals surface area contributed by atoms with Crippen molar-refractivity contribution >= 4 is 45.7 Å². The van der Waals surface area contributed by atoms with Crippen molar-refractivity contribution in [1.82, 2.24) is 0 Å². The van der Waals surface area contributed by atoms with E-state index in [0.29, 0.717) is 37.0 Å². The molecule has 0 aliphatic heterocycles. The van der Waals surface area contributed by atoms with E-state index >= 15 is 0 Å². The molecule has 0 saturated heterocycles. The van der Waals surface area contributed by atoms with Gasteiger partial charge in [0.25, 0.3) is 0 Å². The smallest absolute Gasteiger partial charge is 0.332 e. The molecule has 0 bridgehead atoms. The summed E-state index contributed by atoms with van der Waals surface area (Å²) in [5.41, 5.74) is 0.707. The van der Waals surface area contributed by atoms with Crippen LogP contribution in [0.15, 0.2) is 24.3 Å². The Morgan fingerprint density at radius 3 is 1.61 bits per heavy atom. The van der Waals surface area contributed by atoms with Gasteiger partial charge in [-0.15, -0.1) is 0 Å². The van der Waals surface area contributed by atoms with Crippen LogP contribution in [-0.4, -0.2) is 85.1 Å². The van der Waals surface area contributed by atoms with E-state index in [1.54, 1.807) is 21.0 Å². The molecule has 0 N–H and O–H groups in total. The van der Waals surface area contributed by atoms with Crippen LogP contribution in [0.2, 0.25) is 51.9 Å². The molecule has 1 atom stereocenters. The molecule has 0 amide bonds. The molecule has 0 heterocycles. The van der Waals surface area contributed by atoms with Crippen molar-refractivity contribution in [2.75, 3.05) is 39.4 Å². The van der Waals surface area contributed by atoms with Gasteiger partial charge in [-0.1, -0.05) is 13.2 Å². The molecule has 0 aliphatic carbocycles. The van der Waals surface area contributed by atoms with Crippen molar-refractivity contribution in [3.8, 4) is 0 Å². The number of carbonyl (C=O) groups excluding carboxylic acids is 2. The zero-order valence-electron chi connectivity index (χ0n) is 24.0. The van der Waals surface area contributed by atoms with Crippen LogP contribution in [-0.2, 0) is 40.9 Å². The molecule has 0 aromatic rings. The molecule has 0 fully saturated rings. The second-order valence-electron chi connectivity index (χ2n) is 10.8. The van der Waals surface area contributed by atoms with Gasteiger partial charge >= 0.3 is 29.1 Å². The van der Waals surface area contributed by atoms with Crippen molar-refractivity contribution in [3.63, 3.8) is 0 Å². The first-order valence-electron chi connectivity index (χ1n) is 12.2. The molecule has 210 valence electrons. The molecule has 36 heavy (non-hydrogen) atoms. The predicted octanol–water partition coefficient (Wildman–Crippen LogP) is 4.59. The van der Waals surface area contributed by atoms with Gasteiger partial charge in [0, 0.05) is 24.9 Å². The van der Waals surface area contributed by atoms with E-state index in [4.69, 9.17) is 31.3 Å². The van der Waals surface area contributed by atoms with Crippen LogP contribution in [0.25, 0.3) is 0 Å². The summed E-state index contributed by atoms with van der Waals surface area (Å²) in [5, 5.41) is 0. The Labute approximate surface area is 222 Å². The second kappa shape index (κ2) is 15.5. The Balaban J connectivity index is 5.44. The fourth-order valence-electron chi connectivity index (χ4n) is 3.44. The van der Waals surface area contributed by atoms with Gasteiger partial charge in [-0.05, 0) is 72.1 Å². The Morgan fingerprint density at radius 2 is 1.17 bits per heavy atom. The molecule has 0 aromatic carbocycles. The van der Waals surface area contributed by atoms with Crippen LogP contribution in [0.3, 0.4) is 0 Å². The Kier molecular flexibility index (Phi) is 15.1. The van der Waals surface area contributed by atoms with Crippen LogP contribution in [0.4, 0.5) is 0 Å². The minimum absolute atomic E-state index is 0.203. The topological polar surface area (TPSA) is 98.8 Å². The van der Waals surface area contributed by atoms with Crippen LogP contribution >= 0.6 is 0 Å². The van der Waals surface area contributed by atoms with Crippen LogP contribution < -0.4 is 0 Å². The van der Waals surface area contributed by atoms with Crippen molar-refractivity contribution in [2.24, 2.45) is 0 Å². The summed E-state index contributed by atoms with van der Waals surface area (Å²) in [4.78, 5) is 23.8. The third-order valence-corrected chi connectivity index (χ3v) is 19.4. The highest BCUT2D eigenvalue weighted by Gasteiger charge is 2.46. The van der Waals surface area contributed by atoms with Gasteiger partial charge in [-0.3, -0.25) is 0 Å². The highest BCUT2D eigenvalue weighted by Crippen LogP contribution is 2.28. The summed E-state index contributed by atoms with van der Waals surface area (Å²) in [5.74, 6) is -0.849. The lowest BCUT2D eigenvalue weighted by atomic mass is 10.4. The number of methoxy groups -OCH3 is 1. The van der Waals surface area contributed by atoms with E-state index in [1.807, 2.05) is 45.8 Å². The molecule has 0 radical (unpaired) electrons. The number of esters is 2. The first kappa shape index (κ1) is 35.1. The average molecular weight is 581 g/mol. The Hall–Kier alpha value is -0.912. The average Bonchev–Trinajstić information content (AvgIpc) is 2.70. The lowest BCUT2D eigenvalue weighted by Gasteiger charge is -2.42. The summed E-state index contributed by atoms with van der Waals surface area (Å²) in [6.07, 6.45) is 1.17. The number of carbonyl (C=O) groups is 2. The first-order valence-corrected chi connectivity index (χ1v) is 23.7. The number of hydrogen-bond acceptors (Lipinski definition) is 9.